The van der Waals surface area contributed by atoms with Crippen LogP contribution in [0.25, 0.3) is 6.08 Å². The predicted molar refractivity (Wildman–Crippen MR) is 118 cm³/mol. The fraction of sp³-hybridized carbons (Fsp3) is 0.304. The van der Waals surface area contributed by atoms with Crippen LogP contribution in [0.5, 0.6) is 5.75 Å². The van der Waals surface area contributed by atoms with E-state index in [2.05, 4.69) is 5.32 Å². The molecule has 2 aliphatic rings. The number of ether oxygens (including phenoxy) is 2. The molecule has 1 saturated heterocycles. The molecule has 156 valence electrons. The number of nitrogens with one attached hydrogen (secondary N) is 1. The lowest BCUT2D eigenvalue weighted by atomic mass is 10.1. The molecule has 2 aromatic carbocycles. The highest BCUT2D eigenvalue weighted by molar-refractivity contribution is 8.04. The molecule has 0 aromatic heterocycles. The standard InChI is InChI=1S/C23H24N2O4S/c1-25-19-13-16(22(26)24-14-18-4-3-11-29-18)7-10-20(19)30-21(23(25)27)12-15-5-8-17(28-2)9-6-15/h5-10,12-13,18H,3-4,11,14H2,1-2H3,(H,24,26)/b21-12-/t18-/m1/s1. The Balaban J connectivity index is 1.51. The summed E-state index contributed by atoms with van der Waals surface area (Å²) in [7, 11) is 3.35. The van der Waals surface area contributed by atoms with E-state index in [-0.39, 0.29) is 17.9 Å². The van der Waals surface area contributed by atoms with E-state index in [1.165, 1.54) is 11.8 Å². The van der Waals surface area contributed by atoms with Crippen molar-refractivity contribution in [2.24, 2.45) is 0 Å². The van der Waals surface area contributed by atoms with Crippen LogP contribution >= 0.6 is 11.8 Å². The number of methoxy groups -OCH3 is 1. The molecule has 1 atom stereocenters. The fourth-order valence-corrected chi connectivity index (χ4v) is 4.59. The number of likely N-dealkylation sites (N-methyl/N-ethyl adjacent to an activating group) is 1. The lowest BCUT2D eigenvalue weighted by molar-refractivity contribution is -0.114. The number of amides is 2. The minimum atomic E-state index is -0.154. The number of fused-ring (bicyclic) bond motifs is 1. The summed E-state index contributed by atoms with van der Waals surface area (Å²) in [6.45, 7) is 1.27. The topological polar surface area (TPSA) is 67.9 Å². The average molecular weight is 425 g/mol. The van der Waals surface area contributed by atoms with Gasteiger partial charge in [-0.15, -0.1) is 0 Å². The average Bonchev–Trinajstić information content (AvgIpc) is 3.29. The Kier molecular flexibility index (Phi) is 6.11. The molecule has 30 heavy (non-hydrogen) atoms. The molecule has 7 heteroatoms. The third-order valence-corrected chi connectivity index (χ3v) is 6.32. The van der Waals surface area contributed by atoms with E-state index in [0.717, 1.165) is 41.3 Å². The van der Waals surface area contributed by atoms with E-state index in [1.54, 1.807) is 31.2 Å². The minimum Gasteiger partial charge on any atom is -0.497 e. The second-order valence-corrected chi connectivity index (χ2v) is 8.36. The Bertz CT molecular complexity index is 981. The van der Waals surface area contributed by atoms with Gasteiger partial charge in [0.1, 0.15) is 5.75 Å². The van der Waals surface area contributed by atoms with Gasteiger partial charge in [0.05, 0.1) is 23.8 Å². The van der Waals surface area contributed by atoms with Crippen LogP contribution in [0.4, 0.5) is 5.69 Å². The molecule has 0 radical (unpaired) electrons. The van der Waals surface area contributed by atoms with E-state index >= 15 is 0 Å². The zero-order valence-corrected chi connectivity index (χ0v) is 17.8. The van der Waals surface area contributed by atoms with Crippen molar-refractivity contribution >= 4 is 35.3 Å². The molecule has 0 saturated carbocycles. The van der Waals surface area contributed by atoms with Gasteiger partial charge in [0.15, 0.2) is 0 Å². The van der Waals surface area contributed by atoms with Crippen molar-refractivity contribution in [1.82, 2.24) is 5.32 Å². The number of carbonyl (C=O) groups is 2. The van der Waals surface area contributed by atoms with Gasteiger partial charge >= 0.3 is 0 Å². The highest BCUT2D eigenvalue weighted by Crippen LogP contribution is 2.42. The SMILES string of the molecule is COc1ccc(/C=C2\Sc3ccc(C(=O)NC[C@H]4CCCO4)cc3N(C)C2=O)cc1. The molecule has 1 fully saturated rings. The van der Waals surface area contributed by atoms with E-state index in [4.69, 9.17) is 9.47 Å². The molecular weight excluding hydrogens is 400 g/mol. The van der Waals surface area contributed by atoms with Crippen molar-refractivity contribution in [3.8, 4) is 5.75 Å². The normalized spacial score (nSPS) is 19.7. The van der Waals surface area contributed by atoms with E-state index < -0.39 is 0 Å². The number of rotatable bonds is 5. The summed E-state index contributed by atoms with van der Waals surface area (Å²) in [5.74, 6) is 0.520. The van der Waals surface area contributed by atoms with Crippen LogP contribution in [0, 0.1) is 0 Å². The third kappa shape index (κ3) is 4.37. The summed E-state index contributed by atoms with van der Waals surface area (Å²) in [4.78, 5) is 28.6. The smallest absolute Gasteiger partial charge is 0.264 e. The molecule has 0 bridgehead atoms. The molecule has 6 nitrogen and oxygen atoms in total. The van der Waals surface area contributed by atoms with E-state index in [1.807, 2.05) is 36.4 Å². The Hall–Kier alpha value is -2.77. The number of benzene rings is 2. The van der Waals surface area contributed by atoms with Crippen LogP contribution in [0.3, 0.4) is 0 Å². The summed E-state index contributed by atoms with van der Waals surface area (Å²) in [6.07, 6.45) is 3.98. The minimum absolute atomic E-state index is 0.0945. The van der Waals surface area contributed by atoms with Gasteiger partial charge in [0.25, 0.3) is 11.8 Å². The number of thioether (sulfide) groups is 1. The molecule has 1 N–H and O–H groups in total. The number of carbonyl (C=O) groups excluding carboxylic acids is 2. The number of hydrogen-bond acceptors (Lipinski definition) is 5. The van der Waals surface area contributed by atoms with Crippen molar-refractivity contribution in [3.63, 3.8) is 0 Å². The second kappa shape index (κ2) is 8.93. The third-order valence-electron chi connectivity index (χ3n) is 5.25. The molecule has 2 aromatic rings. The maximum atomic E-state index is 12.9. The predicted octanol–water partition coefficient (Wildman–Crippen LogP) is 3.71. The lowest BCUT2D eigenvalue weighted by Gasteiger charge is -2.27. The summed E-state index contributed by atoms with van der Waals surface area (Å²) in [6, 6.07) is 13.0. The van der Waals surface area contributed by atoms with Gasteiger partial charge in [-0.2, -0.15) is 0 Å². The Morgan fingerprint density at radius 1 is 1.30 bits per heavy atom. The first-order valence-corrected chi connectivity index (χ1v) is 10.7. The first kappa shape index (κ1) is 20.5. The van der Waals surface area contributed by atoms with Gasteiger partial charge in [-0.1, -0.05) is 23.9 Å². The van der Waals surface area contributed by atoms with Crippen LogP contribution in [0.2, 0.25) is 0 Å². The van der Waals surface area contributed by atoms with Crippen molar-refractivity contribution in [2.75, 3.05) is 32.2 Å². The number of anilines is 1. The Morgan fingerprint density at radius 3 is 2.80 bits per heavy atom. The molecule has 0 aliphatic carbocycles. The van der Waals surface area contributed by atoms with Crippen LogP contribution in [-0.4, -0.2) is 45.2 Å². The van der Waals surface area contributed by atoms with Crippen LogP contribution < -0.4 is 15.0 Å². The maximum absolute atomic E-state index is 12.9. The lowest BCUT2D eigenvalue weighted by Crippen LogP contribution is -2.33. The van der Waals surface area contributed by atoms with Crippen molar-refractivity contribution in [3.05, 3.63) is 58.5 Å². The van der Waals surface area contributed by atoms with Gasteiger partial charge in [-0.05, 0) is 54.8 Å². The van der Waals surface area contributed by atoms with E-state index in [0.29, 0.717) is 17.0 Å². The van der Waals surface area contributed by atoms with Gasteiger partial charge in [0, 0.05) is 30.7 Å². The largest absolute Gasteiger partial charge is 0.497 e. The second-order valence-electron chi connectivity index (χ2n) is 7.28. The molecule has 2 aliphatic heterocycles. The summed E-state index contributed by atoms with van der Waals surface area (Å²) in [5, 5.41) is 2.93. The highest BCUT2D eigenvalue weighted by Gasteiger charge is 2.27. The zero-order chi connectivity index (χ0) is 21.1. The van der Waals surface area contributed by atoms with Crippen molar-refractivity contribution in [2.45, 2.75) is 23.8 Å². The first-order chi connectivity index (χ1) is 14.5. The van der Waals surface area contributed by atoms with Gasteiger partial charge in [-0.3, -0.25) is 9.59 Å². The van der Waals surface area contributed by atoms with Crippen LogP contribution in [-0.2, 0) is 9.53 Å². The summed E-state index contributed by atoms with van der Waals surface area (Å²) >= 11 is 1.41. The van der Waals surface area contributed by atoms with Crippen molar-refractivity contribution in [1.29, 1.82) is 0 Å². The Morgan fingerprint density at radius 2 is 2.10 bits per heavy atom. The number of nitrogens with zero attached hydrogens (tertiary/aromatic N) is 1. The fourth-order valence-electron chi connectivity index (χ4n) is 3.50. The molecule has 0 spiro atoms. The van der Waals surface area contributed by atoms with Gasteiger partial charge in [-0.25, -0.2) is 0 Å². The van der Waals surface area contributed by atoms with Gasteiger partial charge in [0.2, 0.25) is 0 Å². The number of hydrogen-bond donors (Lipinski definition) is 1. The first-order valence-electron chi connectivity index (χ1n) is 9.90. The maximum Gasteiger partial charge on any atom is 0.264 e. The monoisotopic (exact) mass is 424 g/mol. The van der Waals surface area contributed by atoms with Gasteiger partial charge < -0.3 is 19.7 Å². The van der Waals surface area contributed by atoms with Crippen molar-refractivity contribution < 1.29 is 19.1 Å². The Labute approximate surface area is 180 Å². The molecule has 0 unspecified atom stereocenters. The molecular formula is C23H24N2O4S. The molecule has 2 heterocycles. The quantitative estimate of drug-likeness (QED) is 0.741. The molecule has 4 rings (SSSR count). The van der Waals surface area contributed by atoms with E-state index in [9.17, 15) is 9.59 Å². The highest BCUT2D eigenvalue weighted by atomic mass is 32.2. The molecule has 2 amide bonds. The summed E-state index contributed by atoms with van der Waals surface area (Å²) in [5.41, 5.74) is 2.20. The summed E-state index contributed by atoms with van der Waals surface area (Å²) < 4.78 is 10.7. The van der Waals surface area contributed by atoms with Crippen LogP contribution in [0.15, 0.2) is 52.3 Å². The van der Waals surface area contributed by atoms with Crippen LogP contribution in [0.1, 0.15) is 28.8 Å². The zero-order valence-electron chi connectivity index (χ0n) is 17.0.